The van der Waals surface area contributed by atoms with Gasteiger partial charge in [0, 0.05) is 13.2 Å². The quantitative estimate of drug-likeness (QED) is 0.904. The summed E-state index contributed by atoms with van der Waals surface area (Å²) in [5, 5.41) is 10.8. The molecule has 1 heterocycles. The molecular weight excluding hydrogens is 240 g/mol. The first kappa shape index (κ1) is 12.7. The molecule has 1 aromatic carbocycles. The van der Waals surface area contributed by atoms with Crippen molar-refractivity contribution < 1.29 is 14.6 Å². The fraction of sp³-hybridized carbons (Fsp3) is 0.538. The highest BCUT2D eigenvalue weighted by atomic mass is 35.5. The van der Waals surface area contributed by atoms with Crippen LogP contribution in [0.4, 0.5) is 0 Å². The Morgan fingerprint density at radius 2 is 2.12 bits per heavy atom. The summed E-state index contributed by atoms with van der Waals surface area (Å²) >= 11 is 6.05. The molecule has 0 bridgehead atoms. The molecule has 1 aliphatic heterocycles. The van der Waals surface area contributed by atoms with Crippen molar-refractivity contribution in [2.75, 3.05) is 20.3 Å². The highest BCUT2D eigenvalue weighted by molar-refractivity contribution is 6.32. The van der Waals surface area contributed by atoms with Crippen molar-refractivity contribution in [2.24, 2.45) is 5.92 Å². The van der Waals surface area contributed by atoms with Gasteiger partial charge in [-0.2, -0.15) is 0 Å². The van der Waals surface area contributed by atoms with E-state index in [9.17, 15) is 5.11 Å². The first-order valence-corrected chi connectivity index (χ1v) is 6.19. The van der Waals surface area contributed by atoms with Crippen LogP contribution in [-0.2, 0) is 4.74 Å². The maximum absolute atomic E-state index is 10.3. The highest BCUT2D eigenvalue weighted by Gasteiger charge is 2.23. The number of aliphatic hydroxyl groups is 1. The molecule has 0 spiro atoms. The van der Waals surface area contributed by atoms with Gasteiger partial charge in [-0.25, -0.2) is 0 Å². The molecule has 1 aliphatic rings. The van der Waals surface area contributed by atoms with E-state index in [0.717, 1.165) is 31.6 Å². The van der Waals surface area contributed by atoms with Crippen molar-refractivity contribution >= 4 is 11.6 Å². The van der Waals surface area contributed by atoms with E-state index in [4.69, 9.17) is 21.1 Å². The number of aliphatic hydroxyl groups excluding tert-OH is 1. The molecule has 1 aromatic rings. The third kappa shape index (κ3) is 2.92. The van der Waals surface area contributed by atoms with Crippen LogP contribution in [0.2, 0.25) is 5.02 Å². The Hall–Kier alpha value is -0.770. The van der Waals surface area contributed by atoms with Crippen LogP contribution < -0.4 is 4.74 Å². The fourth-order valence-electron chi connectivity index (χ4n) is 2.17. The van der Waals surface area contributed by atoms with Crippen LogP contribution in [0.1, 0.15) is 24.5 Å². The minimum absolute atomic E-state index is 0.258. The summed E-state index contributed by atoms with van der Waals surface area (Å²) in [7, 11) is 1.58. The second kappa shape index (κ2) is 5.71. The van der Waals surface area contributed by atoms with Crippen LogP contribution in [0.3, 0.4) is 0 Å². The van der Waals surface area contributed by atoms with Crippen LogP contribution in [0, 0.1) is 5.92 Å². The van der Waals surface area contributed by atoms with E-state index in [1.807, 2.05) is 6.07 Å². The summed E-state index contributed by atoms with van der Waals surface area (Å²) in [5.41, 5.74) is 0.850. The molecule has 0 aliphatic carbocycles. The normalized spacial score (nSPS) is 19.0. The average Bonchev–Trinajstić information content (AvgIpc) is 2.39. The van der Waals surface area contributed by atoms with E-state index in [0.29, 0.717) is 10.8 Å². The number of hydrogen-bond acceptors (Lipinski definition) is 3. The lowest BCUT2D eigenvalue weighted by atomic mass is 9.89. The summed E-state index contributed by atoms with van der Waals surface area (Å²) in [6, 6.07) is 5.44. The SMILES string of the molecule is COc1ccc(C(O)C2CCOCC2)cc1Cl. The van der Waals surface area contributed by atoms with E-state index < -0.39 is 6.10 Å². The van der Waals surface area contributed by atoms with Gasteiger partial charge in [0.25, 0.3) is 0 Å². The molecule has 1 saturated heterocycles. The molecule has 3 nitrogen and oxygen atoms in total. The van der Waals surface area contributed by atoms with Gasteiger partial charge in [0.1, 0.15) is 5.75 Å². The number of benzene rings is 1. The molecule has 1 atom stereocenters. The Kier molecular flexibility index (Phi) is 4.26. The maximum Gasteiger partial charge on any atom is 0.137 e. The number of hydrogen-bond donors (Lipinski definition) is 1. The number of rotatable bonds is 3. The number of ether oxygens (including phenoxy) is 2. The van der Waals surface area contributed by atoms with Crippen molar-refractivity contribution in [3.63, 3.8) is 0 Å². The van der Waals surface area contributed by atoms with E-state index >= 15 is 0 Å². The fourth-order valence-corrected chi connectivity index (χ4v) is 2.44. The first-order chi connectivity index (χ1) is 8.22. The zero-order valence-electron chi connectivity index (χ0n) is 9.86. The molecule has 0 aromatic heterocycles. The third-order valence-corrected chi connectivity index (χ3v) is 3.53. The zero-order valence-corrected chi connectivity index (χ0v) is 10.6. The minimum atomic E-state index is -0.470. The van der Waals surface area contributed by atoms with Crippen molar-refractivity contribution in [1.82, 2.24) is 0 Å². The van der Waals surface area contributed by atoms with Crippen molar-refractivity contribution in [2.45, 2.75) is 18.9 Å². The van der Waals surface area contributed by atoms with Gasteiger partial charge in [0.2, 0.25) is 0 Å². The van der Waals surface area contributed by atoms with E-state index in [-0.39, 0.29) is 5.92 Å². The van der Waals surface area contributed by atoms with Gasteiger partial charge in [-0.15, -0.1) is 0 Å². The molecule has 1 unspecified atom stereocenters. The van der Waals surface area contributed by atoms with Gasteiger partial charge >= 0.3 is 0 Å². The van der Waals surface area contributed by atoms with Crippen molar-refractivity contribution in [3.8, 4) is 5.75 Å². The number of methoxy groups -OCH3 is 1. The van der Waals surface area contributed by atoms with Crippen LogP contribution in [-0.4, -0.2) is 25.4 Å². The smallest absolute Gasteiger partial charge is 0.137 e. The van der Waals surface area contributed by atoms with Gasteiger partial charge < -0.3 is 14.6 Å². The van der Waals surface area contributed by atoms with Gasteiger partial charge in [0.05, 0.1) is 18.2 Å². The van der Waals surface area contributed by atoms with Crippen LogP contribution in [0.15, 0.2) is 18.2 Å². The second-order valence-corrected chi connectivity index (χ2v) is 4.70. The molecule has 4 heteroatoms. The molecule has 94 valence electrons. The Balaban J connectivity index is 2.12. The Morgan fingerprint density at radius 3 is 2.71 bits per heavy atom. The Morgan fingerprint density at radius 1 is 1.41 bits per heavy atom. The molecular formula is C13H17ClO3. The second-order valence-electron chi connectivity index (χ2n) is 4.29. The molecule has 17 heavy (non-hydrogen) atoms. The van der Waals surface area contributed by atoms with Crippen LogP contribution in [0.25, 0.3) is 0 Å². The van der Waals surface area contributed by atoms with Crippen molar-refractivity contribution in [3.05, 3.63) is 28.8 Å². The minimum Gasteiger partial charge on any atom is -0.495 e. The molecule has 0 saturated carbocycles. The summed E-state index contributed by atoms with van der Waals surface area (Å²) in [6.07, 6.45) is 1.32. The lowest BCUT2D eigenvalue weighted by molar-refractivity contribution is 0.00717. The Bertz CT molecular complexity index is 375. The molecule has 0 radical (unpaired) electrons. The maximum atomic E-state index is 10.3. The summed E-state index contributed by atoms with van der Waals surface area (Å²) in [6.45, 7) is 1.46. The molecule has 1 fully saturated rings. The number of halogens is 1. The summed E-state index contributed by atoms with van der Waals surface area (Å²) in [4.78, 5) is 0. The monoisotopic (exact) mass is 256 g/mol. The van der Waals surface area contributed by atoms with Gasteiger partial charge in [0.15, 0.2) is 0 Å². The lowest BCUT2D eigenvalue weighted by Gasteiger charge is -2.27. The van der Waals surface area contributed by atoms with Gasteiger partial charge in [-0.3, -0.25) is 0 Å². The summed E-state index contributed by atoms with van der Waals surface area (Å²) < 4.78 is 10.4. The standard InChI is InChI=1S/C13H17ClO3/c1-16-12-3-2-10(8-11(12)14)13(15)9-4-6-17-7-5-9/h2-3,8-9,13,15H,4-7H2,1H3. The molecule has 0 amide bonds. The van der Waals surface area contributed by atoms with E-state index in [2.05, 4.69) is 0 Å². The van der Waals surface area contributed by atoms with Crippen LogP contribution in [0.5, 0.6) is 5.75 Å². The third-order valence-electron chi connectivity index (χ3n) is 3.23. The molecule has 2 rings (SSSR count). The largest absolute Gasteiger partial charge is 0.495 e. The Labute approximate surface area is 106 Å². The van der Waals surface area contributed by atoms with E-state index in [1.54, 1.807) is 19.2 Å². The van der Waals surface area contributed by atoms with Gasteiger partial charge in [-0.1, -0.05) is 17.7 Å². The molecule has 1 N–H and O–H groups in total. The zero-order chi connectivity index (χ0) is 12.3. The van der Waals surface area contributed by atoms with Crippen LogP contribution >= 0.6 is 11.6 Å². The highest BCUT2D eigenvalue weighted by Crippen LogP contribution is 2.33. The summed E-state index contributed by atoms with van der Waals surface area (Å²) in [5.74, 6) is 0.891. The average molecular weight is 257 g/mol. The predicted octanol–water partition coefficient (Wildman–Crippen LogP) is 2.81. The van der Waals surface area contributed by atoms with Crippen molar-refractivity contribution in [1.29, 1.82) is 0 Å². The topological polar surface area (TPSA) is 38.7 Å². The lowest BCUT2D eigenvalue weighted by Crippen LogP contribution is -2.21. The first-order valence-electron chi connectivity index (χ1n) is 5.81. The predicted molar refractivity (Wildman–Crippen MR) is 66.5 cm³/mol. The van der Waals surface area contributed by atoms with E-state index in [1.165, 1.54) is 0 Å². The van der Waals surface area contributed by atoms with Gasteiger partial charge in [-0.05, 0) is 36.5 Å².